The van der Waals surface area contributed by atoms with Gasteiger partial charge in [0, 0.05) is 37.9 Å². The lowest BCUT2D eigenvalue weighted by molar-refractivity contribution is -0.132. The number of carbonyl (C=O) groups is 2. The molecule has 5 aromatic carbocycles. The Hall–Kier alpha value is -6.43. The first-order valence-corrected chi connectivity index (χ1v) is 16.2. The summed E-state index contributed by atoms with van der Waals surface area (Å²) in [4.78, 5) is 28.7. The monoisotopic (exact) mass is 660 g/mol. The van der Waals surface area contributed by atoms with Crippen LogP contribution in [-0.4, -0.2) is 31.1 Å². The van der Waals surface area contributed by atoms with Crippen molar-refractivity contribution in [3.05, 3.63) is 143 Å². The molecule has 1 aliphatic rings. The molecule has 7 rings (SSSR count). The highest BCUT2D eigenvalue weighted by molar-refractivity contribution is 7.16. The fourth-order valence-electron chi connectivity index (χ4n) is 5.99. The molecule has 0 atom stereocenters. The molecule has 6 aromatic rings. The quantitative estimate of drug-likeness (QED) is 0.122. The van der Waals surface area contributed by atoms with E-state index in [4.69, 9.17) is 14.7 Å². The average Bonchev–Trinajstić information content (AvgIpc) is 3.73. The lowest BCUT2D eigenvalue weighted by Crippen LogP contribution is -2.09. The molecule has 0 saturated heterocycles. The number of carboxylic acid groups (broad SMARTS) is 1. The number of hydrogen-bond donors (Lipinski definition) is 1. The van der Waals surface area contributed by atoms with Gasteiger partial charge in [-0.2, -0.15) is 5.26 Å². The minimum Gasteiger partial charge on any atom is -0.497 e. The van der Waals surface area contributed by atoms with Gasteiger partial charge in [0.15, 0.2) is 5.78 Å². The van der Waals surface area contributed by atoms with Crippen molar-refractivity contribution >= 4 is 46.2 Å². The highest BCUT2D eigenvalue weighted by atomic mass is 32.1. The Bertz CT molecular complexity index is 2250. The van der Waals surface area contributed by atoms with E-state index in [-0.39, 0.29) is 11.4 Å². The SMILES string of the molecule is COc1ccc(N(c2ccc(OC)cc2)c2ccc(-c3ccc4c(c3)C(=O)c3cc(-c5ccc(/C=C(\C#N)C(=O)O)s5)ccc3-4)cc2)cc1. The predicted octanol–water partition coefficient (Wildman–Crippen LogP) is 9.77. The van der Waals surface area contributed by atoms with Crippen LogP contribution < -0.4 is 14.4 Å². The molecule has 0 unspecified atom stereocenters. The van der Waals surface area contributed by atoms with Gasteiger partial charge >= 0.3 is 5.97 Å². The molecular weight excluding hydrogens is 633 g/mol. The number of benzene rings is 5. The van der Waals surface area contributed by atoms with Gasteiger partial charge in [-0.1, -0.05) is 36.4 Å². The molecule has 238 valence electrons. The molecule has 0 saturated carbocycles. The number of aliphatic carboxylic acids is 1. The zero-order valence-corrected chi connectivity index (χ0v) is 27.3. The van der Waals surface area contributed by atoms with E-state index in [1.54, 1.807) is 26.4 Å². The van der Waals surface area contributed by atoms with Gasteiger partial charge in [-0.15, -0.1) is 11.3 Å². The third-order valence-corrected chi connectivity index (χ3v) is 9.57. The van der Waals surface area contributed by atoms with E-state index in [2.05, 4.69) is 29.2 Å². The number of nitrogens with zero attached hydrogens (tertiary/aromatic N) is 2. The summed E-state index contributed by atoms with van der Waals surface area (Å²) in [5.74, 6) is 0.251. The van der Waals surface area contributed by atoms with Gasteiger partial charge < -0.3 is 19.5 Å². The lowest BCUT2D eigenvalue weighted by atomic mass is 9.98. The molecule has 1 N–H and O–H groups in total. The van der Waals surface area contributed by atoms with E-state index in [0.717, 1.165) is 61.3 Å². The molecule has 0 radical (unpaired) electrons. The average molecular weight is 661 g/mol. The minimum atomic E-state index is -1.27. The summed E-state index contributed by atoms with van der Waals surface area (Å²) in [6.07, 6.45) is 1.36. The van der Waals surface area contributed by atoms with Gasteiger partial charge in [0.1, 0.15) is 23.1 Å². The Morgan fingerprint density at radius 1 is 0.673 bits per heavy atom. The van der Waals surface area contributed by atoms with Crippen LogP contribution in [0.5, 0.6) is 11.5 Å². The van der Waals surface area contributed by atoms with Gasteiger partial charge in [0.25, 0.3) is 0 Å². The molecule has 0 amide bonds. The van der Waals surface area contributed by atoms with Crippen molar-refractivity contribution in [2.24, 2.45) is 0 Å². The lowest BCUT2D eigenvalue weighted by Gasteiger charge is -2.26. The highest BCUT2D eigenvalue weighted by Gasteiger charge is 2.27. The van der Waals surface area contributed by atoms with Crippen molar-refractivity contribution in [2.45, 2.75) is 0 Å². The molecule has 0 aliphatic heterocycles. The number of hydrogen-bond acceptors (Lipinski definition) is 7. The van der Waals surface area contributed by atoms with Crippen LogP contribution in [0.25, 0.3) is 38.8 Å². The number of methoxy groups -OCH3 is 2. The summed E-state index contributed by atoms with van der Waals surface area (Å²) in [6, 6.07) is 41.3. The number of ether oxygens (including phenoxy) is 2. The van der Waals surface area contributed by atoms with Gasteiger partial charge in [0.05, 0.1) is 14.2 Å². The van der Waals surface area contributed by atoms with E-state index < -0.39 is 5.97 Å². The van der Waals surface area contributed by atoms with Crippen molar-refractivity contribution < 1.29 is 24.2 Å². The van der Waals surface area contributed by atoms with Crippen LogP contribution in [0.2, 0.25) is 0 Å². The second-order valence-electron chi connectivity index (χ2n) is 11.3. The van der Waals surface area contributed by atoms with Gasteiger partial charge in [-0.25, -0.2) is 4.79 Å². The molecule has 1 aliphatic carbocycles. The summed E-state index contributed by atoms with van der Waals surface area (Å²) < 4.78 is 10.8. The fourth-order valence-corrected chi connectivity index (χ4v) is 6.94. The van der Waals surface area contributed by atoms with E-state index in [9.17, 15) is 14.7 Å². The third kappa shape index (κ3) is 5.95. The fraction of sp³-hybridized carbons (Fsp3) is 0.0488. The number of thiophene rings is 1. The highest BCUT2D eigenvalue weighted by Crippen LogP contribution is 2.42. The van der Waals surface area contributed by atoms with Gasteiger partial charge in [0.2, 0.25) is 0 Å². The Labute approximate surface area is 287 Å². The van der Waals surface area contributed by atoms with E-state index in [1.807, 2.05) is 91.0 Å². The van der Waals surface area contributed by atoms with Crippen LogP contribution >= 0.6 is 11.3 Å². The van der Waals surface area contributed by atoms with Crippen LogP contribution in [-0.2, 0) is 4.79 Å². The Morgan fingerprint density at radius 3 is 1.67 bits per heavy atom. The Balaban J connectivity index is 1.17. The predicted molar refractivity (Wildman–Crippen MR) is 193 cm³/mol. The zero-order valence-electron chi connectivity index (χ0n) is 26.5. The summed E-state index contributed by atoms with van der Waals surface area (Å²) >= 11 is 1.36. The smallest absolute Gasteiger partial charge is 0.346 e. The number of rotatable bonds is 9. The van der Waals surface area contributed by atoms with E-state index >= 15 is 0 Å². The van der Waals surface area contributed by atoms with Crippen LogP contribution in [0.1, 0.15) is 20.8 Å². The van der Waals surface area contributed by atoms with E-state index in [0.29, 0.717) is 16.0 Å². The number of anilines is 3. The van der Waals surface area contributed by atoms with Crippen molar-refractivity contribution in [3.63, 3.8) is 0 Å². The number of nitriles is 1. The summed E-state index contributed by atoms with van der Waals surface area (Å²) in [6.45, 7) is 0. The maximum absolute atomic E-state index is 13.7. The first-order valence-electron chi connectivity index (χ1n) is 15.3. The maximum atomic E-state index is 13.7. The van der Waals surface area contributed by atoms with Gasteiger partial charge in [-0.3, -0.25) is 4.79 Å². The largest absolute Gasteiger partial charge is 0.497 e. The van der Waals surface area contributed by atoms with Crippen LogP contribution in [0.3, 0.4) is 0 Å². The normalized spacial score (nSPS) is 11.8. The number of carbonyl (C=O) groups excluding carboxylic acids is 1. The number of carboxylic acids is 1. The second kappa shape index (κ2) is 13.0. The van der Waals surface area contributed by atoms with Gasteiger partial charge in [-0.05, 0) is 119 Å². The third-order valence-electron chi connectivity index (χ3n) is 8.49. The topological polar surface area (TPSA) is 99.9 Å². The molecule has 0 fully saturated rings. The molecule has 1 aromatic heterocycles. The first kappa shape index (κ1) is 31.2. The molecular formula is C41H28N2O5S. The van der Waals surface area contributed by atoms with Crippen molar-refractivity contribution in [1.29, 1.82) is 5.26 Å². The molecule has 8 heteroatoms. The van der Waals surface area contributed by atoms with Crippen molar-refractivity contribution in [1.82, 2.24) is 0 Å². The maximum Gasteiger partial charge on any atom is 0.346 e. The molecule has 1 heterocycles. The molecule has 49 heavy (non-hydrogen) atoms. The molecule has 7 nitrogen and oxygen atoms in total. The van der Waals surface area contributed by atoms with Crippen molar-refractivity contribution in [3.8, 4) is 50.3 Å². The second-order valence-corrected chi connectivity index (χ2v) is 12.4. The van der Waals surface area contributed by atoms with Crippen LogP contribution in [0, 0.1) is 11.3 Å². The van der Waals surface area contributed by atoms with Crippen LogP contribution in [0.4, 0.5) is 17.1 Å². The number of fused-ring (bicyclic) bond motifs is 3. The molecule has 0 bridgehead atoms. The Morgan fingerprint density at radius 2 is 1.16 bits per heavy atom. The number of ketones is 1. The first-order chi connectivity index (χ1) is 23.9. The minimum absolute atomic E-state index is 0.0372. The Kier molecular flexibility index (Phi) is 8.27. The molecule has 0 spiro atoms. The summed E-state index contributed by atoms with van der Waals surface area (Å²) in [7, 11) is 3.30. The van der Waals surface area contributed by atoms with Crippen LogP contribution in [0.15, 0.2) is 127 Å². The summed E-state index contributed by atoms with van der Waals surface area (Å²) in [5, 5.41) is 18.3. The standard InChI is InChI=1S/C41H28N2O5S/c1-47-32-13-9-30(10-14-32)43(31-11-15-33(48-2)16-12-31)29-7-3-25(4-8-29)26-5-18-35-36-19-6-27(23-38(36)40(44)37(35)22-26)39-20-17-34(49-39)21-28(24-42)41(45)46/h3-23H,1-2H3,(H,45,46)/b28-21+. The van der Waals surface area contributed by atoms with Crippen molar-refractivity contribution in [2.75, 3.05) is 19.1 Å². The van der Waals surface area contributed by atoms with E-state index in [1.165, 1.54) is 17.4 Å². The zero-order chi connectivity index (χ0) is 34.1. The summed E-state index contributed by atoms with van der Waals surface area (Å²) in [5.41, 5.74) is 8.42.